The van der Waals surface area contributed by atoms with Gasteiger partial charge in [-0.15, -0.1) is 0 Å². The first-order chi connectivity index (χ1) is 6.42. The van der Waals surface area contributed by atoms with Gasteiger partial charge in [0, 0.05) is 11.2 Å². The average Bonchev–Trinajstić information content (AvgIpc) is 2.08. The summed E-state index contributed by atoms with van der Waals surface area (Å²) in [5.41, 5.74) is 1.12. The Morgan fingerprint density at radius 2 is 1.79 bits per heavy atom. The van der Waals surface area contributed by atoms with E-state index in [9.17, 15) is 4.57 Å². The second-order valence-corrected chi connectivity index (χ2v) is 6.37. The van der Waals surface area contributed by atoms with Crippen LogP contribution in [0, 0.1) is 6.92 Å². The molecule has 0 spiro atoms. The Kier molecular flexibility index (Phi) is 3.59. The molecule has 1 aromatic carbocycles. The molecule has 1 atom stereocenters. The Labute approximate surface area is 88.9 Å². The fourth-order valence-corrected chi connectivity index (χ4v) is 1.59. The van der Waals surface area contributed by atoms with Gasteiger partial charge in [0.2, 0.25) is 0 Å². The third-order valence-corrected chi connectivity index (χ3v) is 4.22. The lowest BCUT2D eigenvalue weighted by molar-refractivity contribution is 0.435. The van der Waals surface area contributed by atoms with Crippen molar-refractivity contribution in [2.45, 2.75) is 6.92 Å². The van der Waals surface area contributed by atoms with E-state index in [2.05, 4.69) is 0 Å². The zero-order valence-electron chi connectivity index (χ0n) is 8.40. The van der Waals surface area contributed by atoms with Gasteiger partial charge in [-0.25, -0.2) is 9.24 Å². The maximum absolute atomic E-state index is 11.6. The van der Waals surface area contributed by atoms with Crippen molar-refractivity contribution >= 4 is 18.1 Å². The summed E-state index contributed by atoms with van der Waals surface area (Å²) in [6.45, 7) is -1.23. The minimum atomic E-state index is -3.20. The summed E-state index contributed by atoms with van der Waals surface area (Å²) in [5.74, 6) is 0.516. The van der Waals surface area contributed by atoms with Crippen molar-refractivity contribution in [3.05, 3.63) is 29.8 Å². The second-order valence-electron chi connectivity index (χ2n) is 3.20. The van der Waals surface area contributed by atoms with Gasteiger partial charge in [-0.1, -0.05) is 17.7 Å². The number of nitrogens with zero attached hydrogens (tertiary/aromatic N) is 1. The van der Waals surface area contributed by atoms with Crippen LogP contribution in [-0.2, 0) is 4.57 Å². The molecule has 0 bridgehead atoms. The topological polar surface area (TPSA) is 29.5 Å². The summed E-state index contributed by atoms with van der Waals surface area (Å²) in [6, 6.07) is 7.24. The van der Waals surface area contributed by atoms with Crippen LogP contribution >= 0.6 is 18.1 Å². The van der Waals surface area contributed by atoms with Gasteiger partial charge in [0.25, 0.3) is 0 Å². The quantitative estimate of drug-likeness (QED) is 0.751. The van der Waals surface area contributed by atoms with Crippen LogP contribution in [0.2, 0.25) is 0 Å². The SMILES string of the molecule is Cc1ccc(O[P@@](=O)(Cl)N(C)C)cc1. The highest BCUT2D eigenvalue weighted by Gasteiger charge is 2.23. The normalized spacial score (nSPS) is 15.2. The maximum atomic E-state index is 11.6. The molecule has 0 saturated carbocycles. The van der Waals surface area contributed by atoms with Crippen molar-refractivity contribution < 1.29 is 9.09 Å². The summed E-state index contributed by atoms with van der Waals surface area (Å²) < 4.78 is 18.2. The summed E-state index contributed by atoms with van der Waals surface area (Å²) in [7, 11) is 3.23. The minimum absolute atomic E-state index is 0.516. The molecule has 0 aliphatic heterocycles. The molecule has 5 heteroatoms. The van der Waals surface area contributed by atoms with Gasteiger partial charge >= 0.3 is 6.87 Å². The van der Waals surface area contributed by atoms with E-state index in [1.807, 2.05) is 19.1 Å². The first-order valence-electron chi connectivity index (χ1n) is 4.15. The zero-order chi connectivity index (χ0) is 10.8. The highest BCUT2D eigenvalue weighted by Crippen LogP contribution is 2.53. The first-order valence-corrected chi connectivity index (χ1v) is 6.64. The Morgan fingerprint density at radius 3 is 2.21 bits per heavy atom. The van der Waals surface area contributed by atoms with E-state index < -0.39 is 6.87 Å². The molecule has 3 nitrogen and oxygen atoms in total. The molecule has 0 amide bonds. The van der Waals surface area contributed by atoms with Gasteiger partial charge in [0.05, 0.1) is 0 Å². The number of benzene rings is 1. The van der Waals surface area contributed by atoms with E-state index in [4.69, 9.17) is 15.8 Å². The summed E-state index contributed by atoms with van der Waals surface area (Å²) in [4.78, 5) is 0. The summed E-state index contributed by atoms with van der Waals surface area (Å²) in [6.07, 6.45) is 0. The largest absolute Gasteiger partial charge is 0.422 e. The van der Waals surface area contributed by atoms with Gasteiger partial charge in [-0.05, 0) is 33.2 Å². The van der Waals surface area contributed by atoms with Crippen molar-refractivity contribution in [2.24, 2.45) is 0 Å². The number of hydrogen-bond acceptors (Lipinski definition) is 2. The molecular formula is C9H13ClNO2P. The molecule has 0 aliphatic carbocycles. The lowest BCUT2D eigenvalue weighted by Crippen LogP contribution is -2.08. The van der Waals surface area contributed by atoms with Gasteiger partial charge in [0.15, 0.2) is 0 Å². The predicted molar refractivity (Wildman–Crippen MR) is 59.0 cm³/mol. The third kappa shape index (κ3) is 3.02. The van der Waals surface area contributed by atoms with Crippen molar-refractivity contribution in [1.82, 2.24) is 4.67 Å². The molecule has 0 saturated heterocycles. The van der Waals surface area contributed by atoms with Gasteiger partial charge in [-0.3, -0.25) is 0 Å². The van der Waals surface area contributed by atoms with Crippen LogP contribution in [0.3, 0.4) is 0 Å². The molecule has 0 fully saturated rings. The lowest BCUT2D eigenvalue weighted by Gasteiger charge is -2.18. The smallest absolute Gasteiger partial charge is 0.411 e. The maximum Gasteiger partial charge on any atom is 0.411 e. The van der Waals surface area contributed by atoms with E-state index in [0.29, 0.717) is 5.75 Å². The molecule has 0 N–H and O–H groups in total. The highest BCUT2D eigenvalue weighted by atomic mass is 35.7. The van der Waals surface area contributed by atoms with Crippen LogP contribution in [0.4, 0.5) is 0 Å². The third-order valence-electron chi connectivity index (χ3n) is 1.72. The average molecular weight is 234 g/mol. The van der Waals surface area contributed by atoms with Gasteiger partial charge in [-0.2, -0.15) is 0 Å². The molecule has 1 aromatic rings. The van der Waals surface area contributed by atoms with Crippen molar-refractivity contribution in [3.8, 4) is 5.75 Å². The number of aryl methyl sites for hydroxylation is 1. The van der Waals surface area contributed by atoms with Crippen LogP contribution in [0.5, 0.6) is 5.75 Å². The predicted octanol–water partition coefficient (Wildman–Crippen LogP) is 3.28. The molecule has 0 aliphatic rings. The van der Waals surface area contributed by atoms with Gasteiger partial charge in [0.1, 0.15) is 5.75 Å². The molecule has 14 heavy (non-hydrogen) atoms. The van der Waals surface area contributed by atoms with E-state index in [0.717, 1.165) is 5.56 Å². The summed E-state index contributed by atoms with van der Waals surface area (Å²) >= 11 is 5.70. The van der Waals surface area contributed by atoms with E-state index in [-0.39, 0.29) is 0 Å². The van der Waals surface area contributed by atoms with Crippen LogP contribution < -0.4 is 4.52 Å². The van der Waals surface area contributed by atoms with Crippen LogP contribution in [-0.4, -0.2) is 18.8 Å². The van der Waals surface area contributed by atoms with E-state index in [1.165, 1.54) is 4.67 Å². The molecule has 0 unspecified atom stereocenters. The Bertz CT molecular complexity index is 350. The number of rotatable bonds is 3. The van der Waals surface area contributed by atoms with Crippen molar-refractivity contribution in [1.29, 1.82) is 0 Å². The van der Waals surface area contributed by atoms with Crippen LogP contribution in [0.25, 0.3) is 0 Å². The van der Waals surface area contributed by atoms with Crippen LogP contribution in [0.1, 0.15) is 5.56 Å². The monoisotopic (exact) mass is 233 g/mol. The standard InChI is InChI=1S/C9H13ClNO2P/c1-8-4-6-9(7-5-8)13-14(10,12)11(2)3/h4-7H,1-3H3/t14-/m0/s1. The van der Waals surface area contributed by atoms with Crippen molar-refractivity contribution in [3.63, 3.8) is 0 Å². The zero-order valence-corrected chi connectivity index (χ0v) is 10.0. The van der Waals surface area contributed by atoms with E-state index in [1.54, 1.807) is 26.2 Å². The Hall–Kier alpha value is -0.500. The number of halogens is 1. The molecule has 0 aromatic heterocycles. The first kappa shape index (κ1) is 11.6. The van der Waals surface area contributed by atoms with E-state index >= 15 is 0 Å². The molecule has 0 heterocycles. The fourth-order valence-electron chi connectivity index (χ4n) is 0.811. The summed E-state index contributed by atoms with van der Waals surface area (Å²) in [5, 5.41) is 0. The van der Waals surface area contributed by atoms with Crippen molar-refractivity contribution in [2.75, 3.05) is 14.1 Å². The second kappa shape index (κ2) is 4.35. The molecule has 0 radical (unpaired) electrons. The fraction of sp³-hybridized carbons (Fsp3) is 0.333. The molecule has 1 rings (SSSR count). The Balaban J connectivity index is 2.79. The van der Waals surface area contributed by atoms with Crippen LogP contribution in [0.15, 0.2) is 24.3 Å². The molecule has 78 valence electrons. The minimum Gasteiger partial charge on any atom is -0.422 e. The van der Waals surface area contributed by atoms with Gasteiger partial charge < -0.3 is 4.52 Å². The molecular weight excluding hydrogens is 221 g/mol. The lowest BCUT2D eigenvalue weighted by atomic mass is 10.2. The number of hydrogen-bond donors (Lipinski definition) is 0. The Morgan fingerprint density at radius 1 is 1.29 bits per heavy atom. The highest BCUT2D eigenvalue weighted by molar-refractivity contribution is 7.83.